The van der Waals surface area contributed by atoms with E-state index < -0.39 is 48.1 Å². The number of hydrogen-bond acceptors (Lipinski definition) is 1. The first kappa shape index (κ1) is 30.1. The van der Waals surface area contributed by atoms with Gasteiger partial charge in [0.2, 0.25) is 0 Å². The maximum atomic E-state index is 15.6. The lowest BCUT2D eigenvalue weighted by Crippen LogP contribution is -2.34. The third-order valence-electron chi connectivity index (χ3n) is 7.96. The van der Waals surface area contributed by atoms with Gasteiger partial charge >= 0.3 is 5.97 Å². The molecule has 0 aromatic heterocycles. The molecule has 0 aliphatic heterocycles. The predicted octanol–water partition coefficient (Wildman–Crippen LogP) is 9.63. The van der Waals surface area contributed by atoms with Gasteiger partial charge in [-0.05, 0) is 60.1 Å². The van der Waals surface area contributed by atoms with E-state index in [0.29, 0.717) is 12.8 Å². The third-order valence-corrected chi connectivity index (χ3v) is 7.96. The zero-order chi connectivity index (χ0) is 27.7. The number of rotatable bonds is 14. The topological polar surface area (TPSA) is 37.3 Å². The van der Waals surface area contributed by atoms with Gasteiger partial charge in [-0.2, -0.15) is 0 Å². The number of hydrogen-bond donors (Lipinski definition) is 1. The molecule has 210 valence electrons. The summed E-state index contributed by atoms with van der Waals surface area (Å²) in [6, 6.07) is 5.57. The van der Waals surface area contributed by atoms with Gasteiger partial charge in [-0.3, -0.25) is 0 Å². The molecule has 2 aromatic rings. The fourth-order valence-electron chi connectivity index (χ4n) is 5.79. The summed E-state index contributed by atoms with van der Waals surface area (Å²) in [4.78, 5) is 11.9. The molecule has 7 heteroatoms. The molecule has 0 bridgehead atoms. The smallest absolute Gasteiger partial charge is 0.335 e. The molecule has 0 heterocycles. The van der Waals surface area contributed by atoms with Crippen molar-refractivity contribution in [3.05, 3.63) is 58.9 Å². The van der Waals surface area contributed by atoms with E-state index in [2.05, 4.69) is 6.92 Å². The quantitative estimate of drug-likeness (QED) is 0.148. The summed E-state index contributed by atoms with van der Waals surface area (Å²) in [7, 11) is 0. The third kappa shape index (κ3) is 8.03. The summed E-state index contributed by atoms with van der Waals surface area (Å²) >= 11 is 0. The highest BCUT2D eigenvalue weighted by molar-refractivity contribution is 5.92. The zero-order valence-electron chi connectivity index (χ0n) is 22.1. The van der Waals surface area contributed by atoms with Crippen LogP contribution in [-0.2, 0) is 6.42 Å². The van der Waals surface area contributed by atoms with Crippen molar-refractivity contribution < 1.29 is 31.9 Å². The van der Waals surface area contributed by atoms with Crippen LogP contribution in [0, 0.1) is 29.3 Å². The normalized spacial score (nSPS) is 20.4. The SMILES string of the molecule is CCCCCCCCCC[C@H]1CC[C@H](C(F)Cc2c(C(=O)O)cccc2-c2cc(F)c(F)c(F)c2)C(F)C1. The first-order chi connectivity index (χ1) is 18.2. The van der Waals surface area contributed by atoms with Gasteiger partial charge in [0.25, 0.3) is 0 Å². The Labute approximate surface area is 222 Å². The molecule has 0 saturated heterocycles. The van der Waals surface area contributed by atoms with Gasteiger partial charge in [0.15, 0.2) is 17.5 Å². The van der Waals surface area contributed by atoms with Gasteiger partial charge in [-0.25, -0.2) is 26.7 Å². The molecule has 2 nitrogen and oxygen atoms in total. The van der Waals surface area contributed by atoms with Crippen LogP contribution in [0.5, 0.6) is 0 Å². The monoisotopic (exact) mass is 538 g/mol. The first-order valence-corrected chi connectivity index (χ1v) is 14.0. The molecule has 3 rings (SSSR count). The van der Waals surface area contributed by atoms with Crippen molar-refractivity contribution in [1.29, 1.82) is 0 Å². The second kappa shape index (κ2) is 14.6. The molecule has 1 N–H and O–H groups in total. The van der Waals surface area contributed by atoms with E-state index >= 15 is 8.78 Å². The molecular formula is C31H39F5O2. The molecule has 0 spiro atoms. The maximum absolute atomic E-state index is 15.6. The van der Waals surface area contributed by atoms with Gasteiger partial charge in [0.1, 0.15) is 12.3 Å². The van der Waals surface area contributed by atoms with Crippen LogP contribution >= 0.6 is 0 Å². The van der Waals surface area contributed by atoms with Crippen LogP contribution in [0.25, 0.3) is 11.1 Å². The van der Waals surface area contributed by atoms with E-state index in [4.69, 9.17) is 0 Å². The average molecular weight is 539 g/mol. The van der Waals surface area contributed by atoms with E-state index in [1.807, 2.05) is 0 Å². The van der Waals surface area contributed by atoms with Crippen LogP contribution in [0.2, 0.25) is 0 Å². The van der Waals surface area contributed by atoms with Crippen molar-refractivity contribution in [1.82, 2.24) is 0 Å². The van der Waals surface area contributed by atoms with Crippen molar-refractivity contribution in [2.75, 3.05) is 0 Å². The number of alkyl halides is 2. The van der Waals surface area contributed by atoms with Gasteiger partial charge in [-0.1, -0.05) is 76.8 Å². The van der Waals surface area contributed by atoms with Crippen molar-refractivity contribution in [2.24, 2.45) is 11.8 Å². The van der Waals surface area contributed by atoms with Crippen molar-refractivity contribution in [3.8, 4) is 11.1 Å². The summed E-state index contributed by atoms with van der Waals surface area (Å²) < 4.78 is 72.0. The highest BCUT2D eigenvalue weighted by Gasteiger charge is 2.36. The number of unbranched alkanes of at least 4 members (excludes halogenated alkanes) is 7. The molecular weight excluding hydrogens is 499 g/mol. The number of carboxylic acid groups (broad SMARTS) is 1. The fourth-order valence-corrected chi connectivity index (χ4v) is 5.79. The maximum Gasteiger partial charge on any atom is 0.335 e. The Hall–Kier alpha value is -2.44. The van der Waals surface area contributed by atoms with E-state index in [0.717, 1.165) is 37.8 Å². The number of halogens is 5. The molecule has 0 amide bonds. The van der Waals surface area contributed by atoms with Crippen LogP contribution in [0.1, 0.15) is 99.9 Å². The predicted molar refractivity (Wildman–Crippen MR) is 140 cm³/mol. The molecule has 2 unspecified atom stereocenters. The number of benzene rings is 2. The highest BCUT2D eigenvalue weighted by Crippen LogP contribution is 2.39. The second-order valence-electron chi connectivity index (χ2n) is 10.7. The van der Waals surface area contributed by atoms with Crippen molar-refractivity contribution in [3.63, 3.8) is 0 Å². The minimum absolute atomic E-state index is 0.0196. The van der Waals surface area contributed by atoms with Crippen LogP contribution in [0.3, 0.4) is 0 Å². The van der Waals surface area contributed by atoms with Gasteiger partial charge in [0, 0.05) is 12.3 Å². The molecule has 0 radical (unpaired) electrons. The van der Waals surface area contributed by atoms with E-state index in [-0.39, 0.29) is 28.2 Å². The molecule has 4 atom stereocenters. The Kier molecular flexibility index (Phi) is 11.6. The number of aromatic carboxylic acids is 1. The Morgan fingerprint density at radius 3 is 2.21 bits per heavy atom. The molecule has 1 aliphatic rings. The first-order valence-electron chi connectivity index (χ1n) is 14.0. The van der Waals surface area contributed by atoms with E-state index in [1.54, 1.807) is 0 Å². The van der Waals surface area contributed by atoms with Crippen LogP contribution < -0.4 is 0 Å². The number of carbonyl (C=O) groups is 1. The molecule has 1 fully saturated rings. The summed E-state index contributed by atoms with van der Waals surface area (Å²) in [5, 5.41) is 9.67. The van der Waals surface area contributed by atoms with Gasteiger partial charge in [0.05, 0.1) is 5.56 Å². The van der Waals surface area contributed by atoms with Crippen LogP contribution in [0.4, 0.5) is 22.0 Å². The Morgan fingerprint density at radius 2 is 1.61 bits per heavy atom. The largest absolute Gasteiger partial charge is 0.478 e. The molecule has 1 aliphatic carbocycles. The average Bonchev–Trinajstić information content (AvgIpc) is 2.88. The molecule has 2 aromatic carbocycles. The van der Waals surface area contributed by atoms with E-state index in [1.165, 1.54) is 56.7 Å². The summed E-state index contributed by atoms with van der Waals surface area (Å²) in [6.07, 6.45) is 8.59. The summed E-state index contributed by atoms with van der Waals surface area (Å²) in [5.74, 6) is -6.48. The summed E-state index contributed by atoms with van der Waals surface area (Å²) in [5.41, 5.74) is -0.220. The van der Waals surface area contributed by atoms with Gasteiger partial charge in [-0.15, -0.1) is 0 Å². The zero-order valence-corrected chi connectivity index (χ0v) is 22.1. The minimum Gasteiger partial charge on any atom is -0.478 e. The van der Waals surface area contributed by atoms with Gasteiger partial charge < -0.3 is 5.11 Å². The Morgan fingerprint density at radius 1 is 0.974 bits per heavy atom. The van der Waals surface area contributed by atoms with Crippen molar-refractivity contribution in [2.45, 2.75) is 103 Å². The van der Waals surface area contributed by atoms with E-state index in [9.17, 15) is 23.1 Å². The minimum atomic E-state index is -1.66. The fraction of sp³-hybridized carbons (Fsp3) is 0.581. The van der Waals surface area contributed by atoms with Crippen LogP contribution in [0.15, 0.2) is 30.3 Å². The standard InChI is InChI=1S/C31H39F5O2/c1-2-3-4-5-6-7-8-9-11-20-14-15-24(26(32)16-20)27(33)19-25-22(12-10-13-23(25)31(37)38)21-17-28(34)30(36)29(35)18-21/h10,12-13,17-18,20,24,26-27H,2-9,11,14-16,19H2,1H3,(H,37,38)/t20-,24-,26?,27?/m0/s1. The lowest BCUT2D eigenvalue weighted by atomic mass is 9.75. The molecule has 38 heavy (non-hydrogen) atoms. The Balaban J connectivity index is 1.62. The summed E-state index contributed by atoms with van der Waals surface area (Å²) in [6.45, 7) is 2.20. The number of carboxylic acids is 1. The van der Waals surface area contributed by atoms with Crippen LogP contribution in [-0.4, -0.2) is 23.4 Å². The lowest BCUT2D eigenvalue weighted by Gasteiger charge is -2.34. The van der Waals surface area contributed by atoms with Crippen molar-refractivity contribution >= 4 is 5.97 Å². The Bertz CT molecular complexity index is 1030. The lowest BCUT2D eigenvalue weighted by molar-refractivity contribution is 0.0591. The highest BCUT2D eigenvalue weighted by atomic mass is 19.2. The second-order valence-corrected chi connectivity index (χ2v) is 10.7. The molecule has 1 saturated carbocycles.